The van der Waals surface area contributed by atoms with Crippen LogP contribution in [-0.4, -0.2) is 12.2 Å². The van der Waals surface area contributed by atoms with Crippen LogP contribution in [0.5, 0.6) is 5.75 Å². The molecule has 0 aliphatic heterocycles. The molecule has 0 aliphatic rings. The molecule has 114 valence electrons. The van der Waals surface area contributed by atoms with Crippen LogP contribution >= 0.6 is 11.6 Å². The third-order valence-corrected chi connectivity index (χ3v) is 2.89. The third-order valence-electron chi connectivity index (χ3n) is 2.66. The molecule has 0 radical (unpaired) electrons. The summed E-state index contributed by atoms with van der Waals surface area (Å²) in [5, 5.41) is 4.17. The fourth-order valence-electron chi connectivity index (χ4n) is 1.66. The summed E-state index contributed by atoms with van der Waals surface area (Å²) in [4.78, 5) is 10.6. The summed E-state index contributed by atoms with van der Waals surface area (Å²) in [7, 11) is 0. The minimum Gasteiger partial charge on any atom is -0.488 e. The Bertz CT molecular complexity index is 690. The fourth-order valence-corrected chi connectivity index (χ4v) is 1.84. The number of primary amides is 1. The molecule has 0 aliphatic carbocycles. The first-order valence-electron chi connectivity index (χ1n) is 6.30. The maximum absolute atomic E-state index is 12.8. The van der Waals surface area contributed by atoms with E-state index in [9.17, 15) is 9.18 Å². The zero-order chi connectivity index (χ0) is 15.9. The summed E-state index contributed by atoms with van der Waals surface area (Å²) in [5.74, 6) is 0.212. The largest absolute Gasteiger partial charge is 0.488 e. The van der Waals surface area contributed by atoms with E-state index in [-0.39, 0.29) is 12.4 Å². The number of nitrogens with one attached hydrogen (secondary N) is 1. The number of amides is 2. The number of hydrogen-bond donors (Lipinski definition) is 2. The van der Waals surface area contributed by atoms with E-state index in [2.05, 4.69) is 10.5 Å². The predicted octanol–water partition coefficient (Wildman–Crippen LogP) is 3.06. The Labute approximate surface area is 131 Å². The second kappa shape index (κ2) is 7.42. The molecule has 0 spiro atoms. The number of nitrogens with two attached hydrogens (primary N) is 1. The van der Waals surface area contributed by atoms with Crippen LogP contribution in [0, 0.1) is 5.82 Å². The molecule has 0 aromatic heterocycles. The number of urea groups is 1. The molecule has 0 atom stereocenters. The molecule has 2 aromatic carbocycles. The van der Waals surface area contributed by atoms with E-state index in [0.717, 1.165) is 5.56 Å². The lowest BCUT2D eigenvalue weighted by molar-refractivity contribution is 0.249. The Hall–Kier alpha value is -2.60. The van der Waals surface area contributed by atoms with Gasteiger partial charge in [0, 0.05) is 10.6 Å². The summed E-state index contributed by atoms with van der Waals surface area (Å²) < 4.78 is 18.5. The molecule has 2 amide bonds. The molecule has 7 heteroatoms. The molecular weight excluding hydrogens is 309 g/mol. The van der Waals surface area contributed by atoms with E-state index in [1.807, 2.05) is 0 Å². The van der Waals surface area contributed by atoms with Gasteiger partial charge in [-0.25, -0.2) is 14.6 Å². The fraction of sp³-hybridized carbons (Fsp3) is 0.0667. The summed E-state index contributed by atoms with van der Waals surface area (Å²) in [6.45, 7) is 0.256. The third kappa shape index (κ3) is 4.75. The minimum atomic E-state index is -0.771. The Morgan fingerprint density at radius 1 is 1.32 bits per heavy atom. The molecule has 3 N–H and O–H groups in total. The van der Waals surface area contributed by atoms with E-state index in [4.69, 9.17) is 22.1 Å². The van der Waals surface area contributed by atoms with Crippen LogP contribution in [0.25, 0.3) is 0 Å². The van der Waals surface area contributed by atoms with Gasteiger partial charge in [0.25, 0.3) is 0 Å². The molecule has 0 saturated heterocycles. The van der Waals surface area contributed by atoms with Crippen molar-refractivity contribution in [3.8, 4) is 5.75 Å². The Morgan fingerprint density at radius 2 is 2.05 bits per heavy atom. The lowest BCUT2D eigenvalue weighted by Crippen LogP contribution is -2.24. The molecule has 0 heterocycles. The summed E-state index contributed by atoms with van der Waals surface area (Å²) in [6.07, 6.45) is 1.37. The van der Waals surface area contributed by atoms with E-state index in [1.54, 1.807) is 30.3 Å². The van der Waals surface area contributed by atoms with Gasteiger partial charge in [-0.15, -0.1) is 0 Å². The van der Waals surface area contributed by atoms with Gasteiger partial charge in [0.05, 0.1) is 6.21 Å². The minimum absolute atomic E-state index is 0.256. The van der Waals surface area contributed by atoms with Gasteiger partial charge < -0.3 is 10.5 Å². The number of rotatable bonds is 5. The predicted molar refractivity (Wildman–Crippen MR) is 82.5 cm³/mol. The maximum atomic E-state index is 12.8. The average molecular weight is 322 g/mol. The molecular formula is C15H13ClFN3O2. The number of halogens is 2. The number of hydrogen-bond acceptors (Lipinski definition) is 3. The number of benzene rings is 2. The molecule has 0 fully saturated rings. The second-order valence-corrected chi connectivity index (χ2v) is 4.77. The topological polar surface area (TPSA) is 76.7 Å². The highest BCUT2D eigenvalue weighted by atomic mass is 35.5. The first kappa shape index (κ1) is 15.8. The van der Waals surface area contributed by atoms with Gasteiger partial charge >= 0.3 is 6.03 Å². The number of carbonyl (C=O) groups excluding carboxylic acids is 1. The van der Waals surface area contributed by atoms with Gasteiger partial charge in [-0.2, -0.15) is 5.10 Å². The van der Waals surface area contributed by atoms with E-state index in [0.29, 0.717) is 16.3 Å². The van der Waals surface area contributed by atoms with Crippen molar-refractivity contribution in [1.82, 2.24) is 5.43 Å². The zero-order valence-corrected chi connectivity index (χ0v) is 12.2. The van der Waals surface area contributed by atoms with Crippen LogP contribution in [0.1, 0.15) is 11.1 Å². The van der Waals surface area contributed by atoms with Gasteiger partial charge in [0.2, 0.25) is 0 Å². The van der Waals surface area contributed by atoms with Crippen molar-refractivity contribution < 1.29 is 13.9 Å². The van der Waals surface area contributed by atoms with Crippen molar-refractivity contribution >= 4 is 23.8 Å². The van der Waals surface area contributed by atoms with E-state index < -0.39 is 6.03 Å². The van der Waals surface area contributed by atoms with Crippen molar-refractivity contribution in [2.45, 2.75) is 6.61 Å². The summed E-state index contributed by atoms with van der Waals surface area (Å²) >= 11 is 5.92. The average Bonchev–Trinajstić information content (AvgIpc) is 2.48. The number of hydrazone groups is 1. The van der Waals surface area contributed by atoms with Crippen molar-refractivity contribution in [1.29, 1.82) is 0 Å². The molecule has 2 rings (SSSR count). The second-order valence-electron chi connectivity index (χ2n) is 4.33. The maximum Gasteiger partial charge on any atom is 0.332 e. The highest BCUT2D eigenvalue weighted by Gasteiger charge is 2.04. The quantitative estimate of drug-likeness (QED) is 0.656. The van der Waals surface area contributed by atoms with Crippen LogP contribution in [0.4, 0.5) is 9.18 Å². The zero-order valence-electron chi connectivity index (χ0n) is 11.4. The standard InChI is InChI=1S/C15H13ClFN3O2/c16-12-3-6-14(11(7-12)8-19-20-15(18)21)22-9-10-1-4-13(17)5-2-10/h1-8H,9H2,(H3,18,20,21). The number of nitrogens with zero attached hydrogens (tertiary/aromatic N) is 1. The monoisotopic (exact) mass is 321 g/mol. The van der Waals surface area contributed by atoms with Crippen molar-refractivity contribution in [2.24, 2.45) is 10.8 Å². The van der Waals surface area contributed by atoms with Gasteiger partial charge in [-0.05, 0) is 35.9 Å². The Morgan fingerprint density at radius 3 is 2.73 bits per heavy atom. The molecule has 0 saturated carbocycles. The molecule has 0 bridgehead atoms. The van der Waals surface area contributed by atoms with E-state index in [1.165, 1.54) is 18.3 Å². The highest BCUT2D eigenvalue weighted by molar-refractivity contribution is 6.30. The Balaban J connectivity index is 2.10. The van der Waals surface area contributed by atoms with Gasteiger partial charge in [-0.1, -0.05) is 23.7 Å². The molecule has 0 unspecified atom stereocenters. The smallest absolute Gasteiger partial charge is 0.332 e. The van der Waals surface area contributed by atoms with Crippen LogP contribution < -0.4 is 15.9 Å². The van der Waals surface area contributed by atoms with Crippen LogP contribution in [-0.2, 0) is 6.61 Å². The van der Waals surface area contributed by atoms with E-state index >= 15 is 0 Å². The summed E-state index contributed by atoms with van der Waals surface area (Å²) in [5.41, 5.74) is 8.40. The molecule has 22 heavy (non-hydrogen) atoms. The number of ether oxygens (including phenoxy) is 1. The SMILES string of the molecule is NC(=O)NN=Cc1cc(Cl)ccc1OCc1ccc(F)cc1. The van der Waals surface area contributed by atoms with Gasteiger partial charge in [0.1, 0.15) is 18.2 Å². The van der Waals surface area contributed by atoms with Crippen LogP contribution in [0.3, 0.4) is 0 Å². The van der Waals surface area contributed by atoms with Crippen molar-refractivity contribution in [3.05, 3.63) is 64.4 Å². The first-order valence-corrected chi connectivity index (χ1v) is 6.67. The normalized spacial score (nSPS) is 10.6. The van der Waals surface area contributed by atoms with Crippen molar-refractivity contribution in [3.63, 3.8) is 0 Å². The highest BCUT2D eigenvalue weighted by Crippen LogP contribution is 2.22. The molecule has 5 nitrogen and oxygen atoms in total. The lowest BCUT2D eigenvalue weighted by atomic mass is 10.2. The first-order chi connectivity index (χ1) is 10.5. The van der Waals surface area contributed by atoms with Gasteiger partial charge in [0.15, 0.2) is 0 Å². The van der Waals surface area contributed by atoms with Crippen LogP contribution in [0.2, 0.25) is 5.02 Å². The Kier molecular flexibility index (Phi) is 5.32. The number of carbonyl (C=O) groups is 1. The van der Waals surface area contributed by atoms with Crippen molar-refractivity contribution in [2.75, 3.05) is 0 Å². The van der Waals surface area contributed by atoms with Gasteiger partial charge in [-0.3, -0.25) is 0 Å². The van der Waals surface area contributed by atoms with Crippen LogP contribution in [0.15, 0.2) is 47.6 Å². The summed E-state index contributed by atoms with van der Waals surface area (Å²) in [6, 6.07) is 10.2. The lowest BCUT2D eigenvalue weighted by Gasteiger charge is -2.09. The molecule has 2 aromatic rings.